The molecule has 0 saturated carbocycles. The molecule has 2 aromatic carbocycles. The summed E-state index contributed by atoms with van der Waals surface area (Å²) in [5, 5.41) is 19.8. The molecule has 0 amide bonds. The number of aromatic nitrogens is 2. The number of carbonyl (C=O) groups excluding carboxylic acids is 1. The summed E-state index contributed by atoms with van der Waals surface area (Å²) in [7, 11) is 0. The second-order valence-corrected chi connectivity index (χ2v) is 7.41. The summed E-state index contributed by atoms with van der Waals surface area (Å²) in [6.07, 6.45) is 0. The minimum Gasteiger partial charge on any atom is -0.507 e. The number of imidazole rings is 1. The number of allylic oxidation sites excluding steroid dienone is 1. The zero-order chi connectivity index (χ0) is 23.1. The topological polar surface area (TPSA) is 117 Å². The molecule has 0 spiro atoms. The summed E-state index contributed by atoms with van der Waals surface area (Å²) in [6.45, 7) is 6.35. The number of carbonyl (C=O) groups is 1. The van der Waals surface area contributed by atoms with E-state index in [-0.39, 0.29) is 17.0 Å². The summed E-state index contributed by atoms with van der Waals surface area (Å²) in [4.78, 5) is 19.8. The molecule has 0 bridgehead atoms. The van der Waals surface area contributed by atoms with Crippen LogP contribution in [-0.4, -0.2) is 40.9 Å². The third-order valence-corrected chi connectivity index (χ3v) is 4.42. The third-order valence-electron chi connectivity index (χ3n) is 4.42. The molecule has 1 aromatic heterocycles. The van der Waals surface area contributed by atoms with Crippen molar-refractivity contribution in [3.63, 3.8) is 0 Å². The van der Waals surface area contributed by atoms with Gasteiger partial charge in [0.15, 0.2) is 23.1 Å². The maximum absolute atomic E-state index is 12.5. The molecule has 1 heterocycles. The number of aliphatic hydroxyl groups is 1. The lowest BCUT2D eigenvalue weighted by atomic mass is 10.2. The van der Waals surface area contributed by atoms with Crippen molar-refractivity contribution in [2.45, 2.75) is 20.8 Å². The first kappa shape index (κ1) is 22.7. The average Bonchev–Trinajstić information content (AvgIpc) is 3.20. The number of nitrogens with zero attached hydrogens (tertiary/aromatic N) is 2. The van der Waals surface area contributed by atoms with Crippen molar-refractivity contribution in [1.29, 1.82) is 5.26 Å². The van der Waals surface area contributed by atoms with Gasteiger partial charge in [-0.2, -0.15) is 5.26 Å². The van der Waals surface area contributed by atoms with Gasteiger partial charge in [-0.05, 0) is 43.2 Å². The highest BCUT2D eigenvalue weighted by molar-refractivity contribution is 5.90. The summed E-state index contributed by atoms with van der Waals surface area (Å²) in [5.74, 6) is 0.438. The normalized spacial score (nSPS) is 11.7. The van der Waals surface area contributed by atoms with Crippen LogP contribution in [0.4, 0.5) is 0 Å². The largest absolute Gasteiger partial charge is 0.507 e. The van der Waals surface area contributed by atoms with Crippen LogP contribution in [0.2, 0.25) is 0 Å². The highest BCUT2D eigenvalue weighted by Crippen LogP contribution is 2.29. The van der Waals surface area contributed by atoms with E-state index >= 15 is 0 Å². The van der Waals surface area contributed by atoms with E-state index in [4.69, 9.17) is 14.2 Å². The summed E-state index contributed by atoms with van der Waals surface area (Å²) < 4.78 is 16.5. The summed E-state index contributed by atoms with van der Waals surface area (Å²) in [6, 6.07) is 13.9. The maximum Gasteiger partial charge on any atom is 0.338 e. The number of rotatable bonds is 9. The van der Waals surface area contributed by atoms with Crippen molar-refractivity contribution in [3.8, 4) is 17.6 Å². The van der Waals surface area contributed by atoms with E-state index in [0.29, 0.717) is 36.1 Å². The Labute approximate surface area is 186 Å². The molecule has 0 atom stereocenters. The van der Waals surface area contributed by atoms with Gasteiger partial charge in [0.2, 0.25) is 0 Å². The zero-order valence-electron chi connectivity index (χ0n) is 18.2. The van der Waals surface area contributed by atoms with Crippen molar-refractivity contribution >= 4 is 22.6 Å². The molecular weight excluding hydrogens is 410 g/mol. The van der Waals surface area contributed by atoms with Gasteiger partial charge in [-0.3, -0.25) is 0 Å². The molecule has 2 N–H and O–H groups in total. The Bertz CT molecular complexity index is 1140. The van der Waals surface area contributed by atoms with E-state index in [2.05, 4.69) is 9.97 Å². The number of aliphatic hydroxyl groups excluding tert-OH is 1. The molecule has 8 nitrogen and oxygen atoms in total. The molecule has 0 fully saturated rings. The fourth-order valence-electron chi connectivity index (χ4n) is 2.89. The molecular formula is C24H25N3O5. The standard InChI is InChI=1S/C24H25N3O5/c1-4-30-22-11-16(9-10-21(22)31-13-15(2)3)24(29)32-14-20(28)17(12-25)23-26-18-7-5-6-8-19(18)27-23/h5-11,15,28H,4,13-14H2,1-3H3,(H,26,27). The van der Waals surface area contributed by atoms with Crippen molar-refractivity contribution in [1.82, 2.24) is 9.97 Å². The van der Waals surface area contributed by atoms with Gasteiger partial charge in [-0.25, -0.2) is 9.78 Å². The Morgan fingerprint density at radius 3 is 2.66 bits per heavy atom. The number of aromatic amines is 1. The number of nitrogens with one attached hydrogen (secondary N) is 1. The minimum atomic E-state index is -0.671. The number of fused-ring (bicyclic) bond motifs is 1. The molecule has 166 valence electrons. The Hall–Kier alpha value is -3.99. The quantitative estimate of drug-likeness (QED) is 0.285. The first-order chi connectivity index (χ1) is 15.4. The average molecular weight is 435 g/mol. The predicted octanol–water partition coefficient (Wildman–Crippen LogP) is 4.65. The molecule has 3 aromatic rings. The molecule has 0 aliphatic heterocycles. The molecule has 8 heteroatoms. The van der Waals surface area contributed by atoms with Gasteiger partial charge >= 0.3 is 5.97 Å². The van der Waals surface area contributed by atoms with Crippen LogP contribution >= 0.6 is 0 Å². The predicted molar refractivity (Wildman–Crippen MR) is 119 cm³/mol. The van der Waals surface area contributed by atoms with Crippen LogP contribution in [0.3, 0.4) is 0 Å². The van der Waals surface area contributed by atoms with Gasteiger partial charge in [0.25, 0.3) is 0 Å². The van der Waals surface area contributed by atoms with E-state index in [1.807, 2.05) is 45.0 Å². The number of para-hydroxylation sites is 2. The minimum absolute atomic E-state index is 0.0959. The van der Waals surface area contributed by atoms with Crippen LogP contribution in [0, 0.1) is 17.2 Å². The van der Waals surface area contributed by atoms with Gasteiger partial charge in [0.05, 0.1) is 29.8 Å². The molecule has 32 heavy (non-hydrogen) atoms. The first-order valence-corrected chi connectivity index (χ1v) is 10.3. The number of nitriles is 1. The number of esters is 1. The molecule has 0 aliphatic rings. The fourth-order valence-corrected chi connectivity index (χ4v) is 2.89. The molecule has 0 saturated heterocycles. The number of hydrogen-bond acceptors (Lipinski definition) is 7. The molecule has 0 unspecified atom stereocenters. The van der Waals surface area contributed by atoms with E-state index in [1.165, 1.54) is 6.07 Å². The SMILES string of the molecule is CCOc1cc(C(=O)OCC(O)=C(C#N)c2nc3ccccc3[nH]2)ccc1OCC(C)C. The monoisotopic (exact) mass is 435 g/mol. The van der Waals surface area contributed by atoms with Crippen LogP contribution in [-0.2, 0) is 4.74 Å². The molecule has 0 aliphatic carbocycles. The number of H-pyrrole nitrogens is 1. The summed E-state index contributed by atoms with van der Waals surface area (Å²) >= 11 is 0. The van der Waals surface area contributed by atoms with Crippen molar-refractivity contribution < 1.29 is 24.1 Å². The van der Waals surface area contributed by atoms with Gasteiger partial charge < -0.3 is 24.3 Å². The van der Waals surface area contributed by atoms with Crippen molar-refractivity contribution in [2.75, 3.05) is 19.8 Å². The van der Waals surface area contributed by atoms with Crippen molar-refractivity contribution in [3.05, 3.63) is 59.6 Å². The van der Waals surface area contributed by atoms with E-state index in [9.17, 15) is 15.2 Å². The number of benzene rings is 2. The zero-order valence-corrected chi connectivity index (χ0v) is 18.2. The Balaban J connectivity index is 1.74. The Morgan fingerprint density at radius 1 is 1.19 bits per heavy atom. The first-order valence-electron chi connectivity index (χ1n) is 10.3. The summed E-state index contributed by atoms with van der Waals surface area (Å²) in [5.41, 5.74) is 1.52. The van der Waals surface area contributed by atoms with Gasteiger partial charge in [0.1, 0.15) is 18.2 Å². The van der Waals surface area contributed by atoms with Gasteiger partial charge in [-0.15, -0.1) is 0 Å². The van der Waals surface area contributed by atoms with E-state index in [1.54, 1.807) is 18.2 Å². The van der Waals surface area contributed by atoms with Crippen LogP contribution in [0.1, 0.15) is 37.0 Å². The lowest BCUT2D eigenvalue weighted by molar-refractivity contribution is 0.0502. The van der Waals surface area contributed by atoms with Crippen LogP contribution in [0.5, 0.6) is 11.5 Å². The van der Waals surface area contributed by atoms with E-state index in [0.717, 1.165) is 5.52 Å². The second-order valence-electron chi connectivity index (χ2n) is 7.41. The lowest BCUT2D eigenvalue weighted by Gasteiger charge is -2.14. The van der Waals surface area contributed by atoms with Crippen molar-refractivity contribution in [2.24, 2.45) is 5.92 Å². The van der Waals surface area contributed by atoms with Crippen LogP contribution in [0.15, 0.2) is 48.2 Å². The number of hydrogen-bond donors (Lipinski definition) is 2. The van der Waals surface area contributed by atoms with Crippen LogP contribution in [0.25, 0.3) is 16.6 Å². The van der Waals surface area contributed by atoms with Gasteiger partial charge in [0, 0.05) is 0 Å². The Morgan fingerprint density at radius 2 is 1.97 bits per heavy atom. The second kappa shape index (κ2) is 10.4. The Kier molecular flexibility index (Phi) is 7.34. The molecule has 0 radical (unpaired) electrons. The van der Waals surface area contributed by atoms with Crippen LogP contribution < -0.4 is 9.47 Å². The number of ether oxygens (including phenoxy) is 3. The fraction of sp³-hybridized carbons (Fsp3) is 0.292. The molecule has 3 rings (SSSR count). The highest BCUT2D eigenvalue weighted by atomic mass is 16.5. The highest BCUT2D eigenvalue weighted by Gasteiger charge is 2.17. The lowest BCUT2D eigenvalue weighted by Crippen LogP contribution is -2.11. The third kappa shape index (κ3) is 5.38. The van der Waals surface area contributed by atoms with Gasteiger partial charge in [-0.1, -0.05) is 26.0 Å². The maximum atomic E-state index is 12.5. The smallest absolute Gasteiger partial charge is 0.338 e. The van der Waals surface area contributed by atoms with E-state index < -0.39 is 18.3 Å².